The number of amides is 1. The van der Waals surface area contributed by atoms with Gasteiger partial charge in [0.2, 0.25) is 5.91 Å². The van der Waals surface area contributed by atoms with Crippen LogP contribution in [0.5, 0.6) is 0 Å². The molecule has 7 nitrogen and oxygen atoms in total. The molecule has 2 fully saturated rings. The zero-order chi connectivity index (χ0) is 18.1. The zero-order valence-corrected chi connectivity index (χ0v) is 18.7. The van der Waals surface area contributed by atoms with Crippen molar-refractivity contribution in [2.24, 2.45) is 10.4 Å². The summed E-state index contributed by atoms with van der Waals surface area (Å²) in [6, 6.07) is 0. The molecule has 0 aromatic carbocycles. The molecule has 2 N–H and O–H groups in total. The van der Waals surface area contributed by atoms with Gasteiger partial charge < -0.3 is 25.0 Å². The van der Waals surface area contributed by atoms with Gasteiger partial charge in [0.15, 0.2) is 5.96 Å². The Morgan fingerprint density at radius 1 is 1.27 bits per heavy atom. The molecule has 0 radical (unpaired) electrons. The molecule has 1 saturated carbocycles. The summed E-state index contributed by atoms with van der Waals surface area (Å²) in [5.41, 5.74) is -0.294. The summed E-state index contributed by atoms with van der Waals surface area (Å²) < 4.78 is 11.2. The van der Waals surface area contributed by atoms with Crippen LogP contribution in [0.15, 0.2) is 4.99 Å². The first-order chi connectivity index (χ1) is 12.1. The number of carbonyl (C=O) groups excluding carboxylic acids is 1. The highest BCUT2D eigenvalue weighted by Crippen LogP contribution is 2.38. The number of nitrogens with zero attached hydrogens (tertiary/aromatic N) is 2. The van der Waals surface area contributed by atoms with Gasteiger partial charge in [0, 0.05) is 40.8 Å². The number of hydrogen-bond acceptors (Lipinski definition) is 4. The number of guanidine groups is 1. The maximum atomic E-state index is 12.6. The second-order valence-corrected chi connectivity index (χ2v) is 7.25. The fraction of sp³-hybridized carbons (Fsp3) is 0.889. The van der Waals surface area contributed by atoms with Gasteiger partial charge in [-0.1, -0.05) is 12.8 Å². The van der Waals surface area contributed by atoms with Gasteiger partial charge in [-0.15, -0.1) is 24.0 Å². The molecule has 152 valence electrons. The van der Waals surface area contributed by atoms with Crippen molar-refractivity contribution < 1.29 is 14.3 Å². The number of rotatable bonds is 8. The SMILES string of the molecule is CN=C(NCCOCC1CCCO1)NCC1(C(=O)N(C)C)CCCC1.I. The lowest BCUT2D eigenvalue weighted by atomic mass is 9.84. The molecule has 1 saturated heterocycles. The minimum absolute atomic E-state index is 0. The summed E-state index contributed by atoms with van der Waals surface area (Å²) in [6.45, 7) is 3.44. The third-order valence-corrected chi connectivity index (χ3v) is 5.10. The average molecular weight is 482 g/mol. The molecule has 0 spiro atoms. The first kappa shape index (κ1) is 23.4. The summed E-state index contributed by atoms with van der Waals surface area (Å²) in [5, 5.41) is 6.58. The topological polar surface area (TPSA) is 75.2 Å². The van der Waals surface area contributed by atoms with E-state index in [0.29, 0.717) is 26.3 Å². The molecule has 1 aliphatic carbocycles. The van der Waals surface area contributed by atoms with Gasteiger partial charge in [0.25, 0.3) is 0 Å². The van der Waals surface area contributed by atoms with E-state index in [0.717, 1.165) is 51.1 Å². The molecule has 1 aliphatic heterocycles. The van der Waals surface area contributed by atoms with E-state index in [1.165, 1.54) is 0 Å². The Hall–Kier alpha value is -0.610. The smallest absolute Gasteiger partial charge is 0.230 e. The average Bonchev–Trinajstić information content (AvgIpc) is 3.29. The van der Waals surface area contributed by atoms with Gasteiger partial charge in [0.05, 0.1) is 24.7 Å². The predicted molar refractivity (Wildman–Crippen MR) is 114 cm³/mol. The van der Waals surface area contributed by atoms with Gasteiger partial charge in [-0.25, -0.2) is 0 Å². The molecule has 1 unspecified atom stereocenters. The molecule has 1 amide bonds. The van der Waals surface area contributed by atoms with Crippen molar-refractivity contribution in [3.63, 3.8) is 0 Å². The molecule has 2 aliphatic rings. The van der Waals surface area contributed by atoms with Crippen molar-refractivity contribution >= 4 is 35.8 Å². The standard InChI is InChI=1S/C18H34N4O3.HI/c1-19-17(20-10-12-24-13-15-7-6-11-25-15)21-14-18(8-4-5-9-18)16(23)22(2)3;/h15H,4-14H2,1-3H3,(H2,19,20,21);1H. The molecule has 8 heteroatoms. The van der Waals surface area contributed by atoms with Gasteiger partial charge >= 0.3 is 0 Å². The maximum Gasteiger partial charge on any atom is 0.230 e. The molecule has 0 bridgehead atoms. The van der Waals surface area contributed by atoms with Crippen LogP contribution in [0.3, 0.4) is 0 Å². The lowest BCUT2D eigenvalue weighted by molar-refractivity contribution is -0.138. The van der Waals surface area contributed by atoms with Gasteiger partial charge in [-0.05, 0) is 25.7 Å². The van der Waals surface area contributed by atoms with E-state index in [1.807, 2.05) is 14.1 Å². The number of aliphatic imine (C=N–C) groups is 1. The van der Waals surface area contributed by atoms with E-state index < -0.39 is 0 Å². The lowest BCUT2D eigenvalue weighted by Crippen LogP contribution is -2.49. The largest absolute Gasteiger partial charge is 0.377 e. The molecule has 0 aromatic rings. The van der Waals surface area contributed by atoms with Crippen LogP contribution in [0, 0.1) is 5.41 Å². The van der Waals surface area contributed by atoms with E-state index in [2.05, 4.69) is 15.6 Å². The molecular formula is C18H35IN4O3. The molecule has 1 atom stereocenters. The van der Waals surface area contributed by atoms with Crippen LogP contribution in [0.4, 0.5) is 0 Å². The maximum absolute atomic E-state index is 12.6. The Morgan fingerprint density at radius 2 is 2.00 bits per heavy atom. The monoisotopic (exact) mass is 482 g/mol. The predicted octanol–water partition coefficient (Wildman–Crippen LogP) is 1.61. The molecule has 26 heavy (non-hydrogen) atoms. The number of halogens is 1. The Kier molecular flexibility index (Phi) is 10.8. The van der Waals surface area contributed by atoms with E-state index in [1.54, 1.807) is 11.9 Å². The fourth-order valence-corrected chi connectivity index (χ4v) is 3.70. The van der Waals surface area contributed by atoms with Crippen molar-refractivity contribution in [2.45, 2.75) is 44.6 Å². The van der Waals surface area contributed by atoms with Crippen molar-refractivity contribution in [1.29, 1.82) is 0 Å². The normalized spacial score (nSPS) is 22.0. The Labute approximate surface area is 174 Å². The quantitative estimate of drug-likeness (QED) is 0.238. The highest BCUT2D eigenvalue weighted by Gasteiger charge is 2.42. The Morgan fingerprint density at radius 3 is 2.58 bits per heavy atom. The Bertz CT molecular complexity index is 448. The summed E-state index contributed by atoms with van der Waals surface area (Å²) >= 11 is 0. The zero-order valence-electron chi connectivity index (χ0n) is 16.4. The van der Waals surface area contributed by atoms with Crippen LogP contribution in [0.25, 0.3) is 0 Å². The van der Waals surface area contributed by atoms with Crippen molar-refractivity contribution in [3.05, 3.63) is 0 Å². The second-order valence-electron chi connectivity index (χ2n) is 7.25. The van der Waals surface area contributed by atoms with Crippen LogP contribution in [-0.4, -0.2) is 76.9 Å². The number of nitrogens with one attached hydrogen (secondary N) is 2. The number of ether oxygens (including phenoxy) is 2. The molecule has 2 rings (SSSR count). The highest BCUT2D eigenvalue weighted by molar-refractivity contribution is 14.0. The minimum atomic E-state index is -0.294. The van der Waals surface area contributed by atoms with Crippen LogP contribution in [0.2, 0.25) is 0 Å². The lowest BCUT2D eigenvalue weighted by Gasteiger charge is -2.31. The van der Waals surface area contributed by atoms with E-state index in [4.69, 9.17) is 9.47 Å². The highest BCUT2D eigenvalue weighted by atomic mass is 127. The van der Waals surface area contributed by atoms with Gasteiger partial charge in [-0.3, -0.25) is 9.79 Å². The molecule has 0 aromatic heterocycles. The molecular weight excluding hydrogens is 447 g/mol. The summed E-state index contributed by atoms with van der Waals surface area (Å²) in [5.74, 6) is 0.936. The summed E-state index contributed by atoms with van der Waals surface area (Å²) in [6.07, 6.45) is 6.61. The summed E-state index contributed by atoms with van der Waals surface area (Å²) in [4.78, 5) is 18.5. The van der Waals surface area contributed by atoms with Crippen molar-refractivity contribution in [2.75, 3.05) is 54.1 Å². The van der Waals surface area contributed by atoms with E-state index in [-0.39, 0.29) is 41.4 Å². The van der Waals surface area contributed by atoms with E-state index in [9.17, 15) is 4.79 Å². The van der Waals surface area contributed by atoms with Crippen LogP contribution in [-0.2, 0) is 14.3 Å². The van der Waals surface area contributed by atoms with Gasteiger partial charge in [0.1, 0.15) is 0 Å². The van der Waals surface area contributed by atoms with Gasteiger partial charge in [-0.2, -0.15) is 0 Å². The van der Waals surface area contributed by atoms with Crippen molar-refractivity contribution in [3.8, 4) is 0 Å². The van der Waals surface area contributed by atoms with Crippen LogP contribution in [0.1, 0.15) is 38.5 Å². The molecule has 1 heterocycles. The van der Waals surface area contributed by atoms with Crippen molar-refractivity contribution in [1.82, 2.24) is 15.5 Å². The first-order valence-electron chi connectivity index (χ1n) is 9.43. The Balaban J connectivity index is 0.00000338. The van der Waals surface area contributed by atoms with Crippen LogP contribution < -0.4 is 10.6 Å². The summed E-state index contributed by atoms with van der Waals surface area (Å²) in [7, 11) is 5.42. The van der Waals surface area contributed by atoms with Crippen LogP contribution >= 0.6 is 24.0 Å². The fourth-order valence-electron chi connectivity index (χ4n) is 3.70. The number of hydrogen-bond donors (Lipinski definition) is 2. The third-order valence-electron chi connectivity index (χ3n) is 5.10. The third kappa shape index (κ3) is 6.84. The first-order valence-corrected chi connectivity index (χ1v) is 9.43. The second kappa shape index (κ2) is 12.0. The minimum Gasteiger partial charge on any atom is -0.377 e. The van der Waals surface area contributed by atoms with E-state index >= 15 is 0 Å². The number of carbonyl (C=O) groups is 1.